The SMILES string of the molecule is C=C(NC(c1ccc(C)cc1)c1ccccn1)C1CCN(CCCCC2=CCCC=C2)CC1. The van der Waals surface area contributed by atoms with Crippen LogP contribution in [0.1, 0.15) is 67.8 Å². The van der Waals surface area contributed by atoms with Crippen molar-refractivity contribution in [2.45, 2.75) is 57.9 Å². The monoisotopic (exact) mass is 441 g/mol. The number of aromatic nitrogens is 1. The Hall–Kier alpha value is -2.65. The first-order chi connectivity index (χ1) is 16.2. The van der Waals surface area contributed by atoms with Gasteiger partial charge in [0, 0.05) is 17.8 Å². The molecule has 3 nitrogen and oxygen atoms in total. The van der Waals surface area contributed by atoms with Crippen LogP contribution in [0.3, 0.4) is 0 Å². The Bertz CT molecular complexity index is 934. The number of rotatable bonds is 10. The third-order valence-corrected chi connectivity index (χ3v) is 7.07. The number of aryl methyl sites for hydroxylation is 1. The fourth-order valence-corrected chi connectivity index (χ4v) is 4.96. The number of allylic oxidation sites excluding steroid dienone is 5. The van der Waals surface area contributed by atoms with Gasteiger partial charge in [-0.25, -0.2) is 0 Å². The van der Waals surface area contributed by atoms with E-state index in [-0.39, 0.29) is 6.04 Å². The molecule has 0 radical (unpaired) electrons. The topological polar surface area (TPSA) is 28.2 Å². The molecule has 1 atom stereocenters. The van der Waals surface area contributed by atoms with Gasteiger partial charge in [-0.15, -0.1) is 0 Å². The molecule has 2 heterocycles. The molecule has 0 saturated carbocycles. The number of piperidine rings is 1. The zero-order valence-electron chi connectivity index (χ0n) is 20.2. The van der Waals surface area contributed by atoms with E-state index < -0.39 is 0 Å². The van der Waals surface area contributed by atoms with Crippen LogP contribution in [0.15, 0.2) is 84.7 Å². The second-order valence-electron chi connectivity index (χ2n) is 9.60. The summed E-state index contributed by atoms with van der Waals surface area (Å²) in [5.41, 5.74) is 6.25. The van der Waals surface area contributed by atoms with E-state index >= 15 is 0 Å². The molecule has 1 unspecified atom stereocenters. The van der Waals surface area contributed by atoms with E-state index in [1.807, 2.05) is 12.3 Å². The van der Waals surface area contributed by atoms with Gasteiger partial charge in [-0.1, -0.05) is 66.3 Å². The molecule has 1 aromatic heterocycles. The number of benzene rings is 1. The van der Waals surface area contributed by atoms with E-state index in [0.29, 0.717) is 5.92 Å². The summed E-state index contributed by atoms with van der Waals surface area (Å²) >= 11 is 0. The summed E-state index contributed by atoms with van der Waals surface area (Å²) in [6.45, 7) is 10.2. The number of unbranched alkanes of at least 4 members (excludes halogenated alkanes) is 1. The predicted molar refractivity (Wildman–Crippen MR) is 139 cm³/mol. The Kier molecular flexibility index (Phi) is 8.54. The van der Waals surface area contributed by atoms with Gasteiger partial charge in [0.25, 0.3) is 0 Å². The summed E-state index contributed by atoms with van der Waals surface area (Å²) in [7, 11) is 0. The molecule has 1 aliphatic carbocycles. The van der Waals surface area contributed by atoms with Crippen LogP contribution >= 0.6 is 0 Å². The van der Waals surface area contributed by atoms with Crippen molar-refractivity contribution in [3.63, 3.8) is 0 Å². The average Bonchev–Trinajstić information content (AvgIpc) is 2.87. The minimum Gasteiger partial charge on any atom is -0.376 e. The lowest BCUT2D eigenvalue weighted by Gasteiger charge is -2.34. The largest absolute Gasteiger partial charge is 0.376 e. The first kappa shape index (κ1) is 23.5. The standard InChI is InChI=1S/C30H39N3/c1-24-14-16-28(17-15-24)30(29-13-6-8-20-31-29)32-25(2)27-18-22-33(23-19-27)21-9-7-12-26-10-4-3-5-11-26/h4,6,8,10-11,13-17,20,27,30,32H,2-3,5,7,9,12,18-19,21-23H2,1H3. The van der Waals surface area contributed by atoms with Crippen molar-refractivity contribution in [2.24, 2.45) is 5.92 Å². The van der Waals surface area contributed by atoms with E-state index in [0.717, 1.165) is 11.4 Å². The van der Waals surface area contributed by atoms with Crippen molar-refractivity contribution in [3.8, 4) is 0 Å². The zero-order chi connectivity index (χ0) is 22.9. The first-order valence-electron chi connectivity index (χ1n) is 12.7. The van der Waals surface area contributed by atoms with Gasteiger partial charge in [-0.3, -0.25) is 4.98 Å². The minimum atomic E-state index is 0.0421. The van der Waals surface area contributed by atoms with Crippen LogP contribution in [0.25, 0.3) is 0 Å². The van der Waals surface area contributed by atoms with E-state index in [4.69, 9.17) is 0 Å². The molecule has 3 heteroatoms. The van der Waals surface area contributed by atoms with Gasteiger partial charge in [0.15, 0.2) is 0 Å². The number of likely N-dealkylation sites (tertiary alicyclic amines) is 1. The molecule has 0 amide bonds. The second kappa shape index (κ2) is 12.0. The van der Waals surface area contributed by atoms with E-state index in [2.05, 4.69) is 83.3 Å². The highest BCUT2D eigenvalue weighted by atomic mass is 15.1. The number of nitrogens with one attached hydrogen (secondary N) is 1. The van der Waals surface area contributed by atoms with Crippen molar-refractivity contribution < 1.29 is 0 Å². The highest BCUT2D eigenvalue weighted by molar-refractivity contribution is 5.31. The number of hydrogen-bond donors (Lipinski definition) is 1. The smallest absolute Gasteiger partial charge is 0.0937 e. The molecule has 0 bridgehead atoms. The van der Waals surface area contributed by atoms with E-state index in [1.165, 1.54) is 75.7 Å². The molecule has 2 aliphatic rings. The molecule has 1 aromatic carbocycles. The maximum atomic E-state index is 4.64. The molecule has 2 aromatic rings. The van der Waals surface area contributed by atoms with Crippen molar-refractivity contribution in [1.82, 2.24) is 15.2 Å². The van der Waals surface area contributed by atoms with Crippen LogP contribution in [0, 0.1) is 12.8 Å². The van der Waals surface area contributed by atoms with Gasteiger partial charge < -0.3 is 10.2 Å². The predicted octanol–water partition coefficient (Wildman–Crippen LogP) is 6.74. The van der Waals surface area contributed by atoms with Gasteiger partial charge in [0.1, 0.15) is 0 Å². The van der Waals surface area contributed by atoms with Crippen molar-refractivity contribution in [1.29, 1.82) is 0 Å². The molecule has 1 N–H and O–H groups in total. The lowest BCUT2D eigenvalue weighted by atomic mass is 9.92. The fraction of sp³-hybridized carbons (Fsp3) is 0.433. The van der Waals surface area contributed by atoms with Gasteiger partial charge in [-0.2, -0.15) is 0 Å². The summed E-state index contributed by atoms with van der Waals surface area (Å²) in [4.78, 5) is 7.29. The molecule has 1 saturated heterocycles. The normalized spacial score (nSPS) is 18.0. The average molecular weight is 442 g/mol. The Morgan fingerprint density at radius 1 is 1.09 bits per heavy atom. The zero-order valence-corrected chi connectivity index (χ0v) is 20.2. The Morgan fingerprint density at radius 3 is 2.61 bits per heavy atom. The number of nitrogens with zero attached hydrogens (tertiary/aromatic N) is 2. The van der Waals surface area contributed by atoms with Gasteiger partial charge in [-0.05, 0) is 89.2 Å². The molecule has 33 heavy (non-hydrogen) atoms. The van der Waals surface area contributed by atoms with Crippen LogP contribution in [-0.2, 0) is 0 Å². The van der Waals surface area contributed by atoms with Crippen LogP contribution < -0.4 is 5.32 Å². The van der Waals surface area contributed by atoms with Crippen LogP contribution in [0.5, 0.6) is 0 Å². The highest BCUT2D eigenvalue weighted by Crippen LogP contribution is 2.28. The lowest BCUT2D eigenvalue weighted by Crippen LogP contribution is -2.37. The first-order valence-corrected chi connectivity index (χ1v) is 12.7. The van der Waals surface area contributed by atoms with Crippen molar-refractivity contribution in [2.75, 3.05) is 19.6 Å². The van der Waals surface area contributed by atoms with Gasteiger partial charge >= 0.3 is 0 Å². The summed E-state index contributed by atoms with van der Waals surface area (Å²) < 4.78 is 0. The maximum Gasteiger partial charge on any atom is 0.0937 e. The summed E-state index contributed by atoms with van der Waals surface area (Å²) in [5, 5.41) is 3.75. The summed E-state index contributed by atoms with van der Waals surface area (Å²) in [6.07, 6.45) is 17.6. The van der Waals surface area contributed by atoms with E-state index in [1.54, 1.807) is 5.57 Å². The van der Waals surface area contributed by atoms with Crippen LogP contribution in [-0.4, -0.2) is 29.5 Å². The second-order valence-corrected chi connectivity index (χ2v) is 9.60. The molecule has 0 spiro atoms. The van der Waals surface area contributed by atoms with Gasteiger partial charge in [0.05, 0.1) is 11.7 Å². The minimum absolute atomic E-state index is 0.0421. The van der Waals surface area contributed by atoms with E-state index in [9.17, 15) is 0 Å². The molecular weight excluding hydrogens is 402 g/mol. The quantitative estimate of drug-likeness (QED) is 0.414. The Morgan fingerprint density at radius 2 is 1.91 bits per heavy atom. The lowest BCUT2D eigenvalue weighted by molar-refractivity contribution is 0.192. The summed E-state index contributed by atoms with van der Waals surface area (Å²) in [5.74, 6) is 0.524. The highest BCUT2D eigenvalue weighted by Gasteiger charge is 2.24. The number of hydrogen-bond acceptors (Lipinski definition) is 3. The van der Waals surface area contributed by atoms with Gasteiger partial charge in [0.2, 0.25) is 0 Å². The Balaban J connectivity index is 1.26. The summed E-state index contributed by atoms with van der Waals surface area (Å²) in [6, 6.07) is 14.9. The third-order valence-electron chi connectivity index (χ3n) is 7.07. The molecule has 174 valence electrons. The third kappa shape index (κ3) is 6.91. The molecular formula is C30H39N3. The van der Waals surface area contributed by atoms with Crippen molar-refractivity contribution in [3.05, 3.63) is 102 Å². The molecule has 1 fully saturated rings. The number of pyridine rings is 1. The Labute approximate surface area is 200 Å². The maximum absolute atomic E-state index is 4.64. The van der Waals surface area contributed by atoms with Crippen LogP contribution in [0.4, 0.5) is 0 Å². The van der Waals surface area contributed by atoms with Crippen molar-refractivity contribution >= 4 is 0 Å². The molecule has 1 aliphatic heterocycles. The molecule has 4 rings (SSSR count). The fourth-order valence-electron chi connectivity index (χ4n) is 4.96. The van der Waals surface area contributed by atoms with Crippen LogP contribution in [0.2, 0.25) is 0 Å².